The average Bonchev–Trinajstić information content (AvgIpc) is 2.84. The third kappa shape index (κ3) is 4.03. The van der Waals surface area contributed by atoms with E-state index in [1.807, 2.05) is 0 Å². The smallest absolute Gasteiger partial charge is 0.225 e. The second-order valence-electron chi connectivity index (χ2n) is 5.86. The molecule has 6 nitrogen and oxygen atoms in total. The van der Waals surface area contributed by atoms with Gasteiger partial charge in [-0.25, -0.2) is 26.7 Å². The van der Waals surface area contributed by atoms with Crippen molar-refractivity contribution in [3.05, 3.63) is 24.3 Å². The molecule has 8 heteroatoms. The van der Waals surface area contributed by atoms with E-state index < -0.39 is 20.0 Å². The van der Waals surface area contributed by atoms with Crippen LogP contribution in [0, 0.1) is 5.41 Å². The Bertz CT molecular complexity index is 703. The largest absolute Gasteiger partial charge is 0.240 e. The second kappa shape index (κ2) is 5.68. The molecule has 118 valence electrons. The maximum Gasteiger partial charge on any atom is 0.240 e. The van der Waals surface area contributed by atoms with Crippen LogP contribution < -0.4 is 9.86 Å². The zero-order valence-electron chi connectivity index (χ0n) is 11.9. The SMILES string of the molecule is CC1(CNS(=O)(=O)c2ccc(S(N)(=O)=O)cc2)CCCC1. The lowest BCUT2D eigenvalue weighted by molar-refractivity contribution is 0.336. The Hall–Kier alpha value is -0.960. The quantitative estimate of drug-likeness (QED) is 0.844. The number of hydrogen-bond donors (Lipinski definition) is 2. The summed E-state index contributed by atoms with van der Waals surface area (Å²) < 4.78 is 49.3. The molecule has 0 saturated heterocycles. The molecular weight excluding hydrogens is 312 g/mol. The normalized spacial score (nSPS) is 18.8. The van der Waals surface area contributed by atoms with Gasteiger partial charge in [0.05, 0.1) is 9.79 Å². The first-order chi connectivity index (χ1) is 9.62. The summed E-state index contributed by atoms with van der Waals surface area (Å²) in [7, 11) is -7.45. The molecule has 1 saturated carbocycles. The molecule has 0 amide bonds. The maximum absolute atomic E-state index is 12.2. The lowest BCUT2D eigenvalue weighted by Crippen LogP contribution is -2.34. The van der Waals surface area contributed by atoms with Crippen LogP contribution in [0.3, 0.4) is 0 Å². The summed E-state index contributed by atoms with van der Waals surface area (Å²) in [6.07, 6.45) is 4.28. The molecule has 0 bridgehead atoms. The van der Waals surface area contributed by atoms with Gasteiger partial charge in [-0.3, -0.25) is 0 Å². The van der Waals surface area contributed by atoms with Crippen LogP contribution >= 0.6 is 0 Å². The molecule has 21 heavy (non-hydrogen) atoms. The van der Waals surface area contributed by atoms with Gasteiger partial charge < -0.3 is 0 Å². The summed E-state index contributed by atoms with van der Waals surface area (Å²) in [5.74, 6) is 0. The summed E-state index contributed by atoms with van der Waals surface area (Å²) in [6, 6.07) is 4.89. The summed E-state index contributed by atoms with van der Waals surface area (Å²) in [4.78, 5) is -0.0688. The van der Waals surface area contributed by atoms with E-state index in [1.165, 1.54) is 24.3 Å². The van der Waals surface area contributed by atoms with Crippen LogP contribution in [0.2, 0.25) is 0 Å². The number of nitrogens with one attached hydrogen (secondary N) is 1. The van der Waals surface area contributed by atoms with Crippen molar-refractivity contribution in [1.29, 1.82) is 0 Å². The second-order valence-corrected chi connectivity index (χ2v) is 9.19. The highest BCUT2D eigenvalue weighted by atomic mass is 32.2. The lowest BCUT2D eigenvalue weighted by atomic mass is 9.89. The molecule has 0 unspecified atom stereocenters. The molecule has 0 atom stereocenters. The van der Waals surface area contributed by atoms with Gasteiger partial charge in [-0.1, -0.05) is 19.8 Å². The number of hydrogen-bond acceptors (Lipinski definition) is 4. The van der Waals surface area contributed by atoms with Gasteiger partial charge in [0.15, 0.2) is 0 Å². The van der Waals surface area contributed by atoms with Crippen molar-refractivity contribution in [3.63, 3.8) is 0 Å². The van der Waals surface area contributed by atoms with E-state index in [-0.39, 0.29) is 15.2 Å². The molecule has 1 aliphatic carbocycles. The molecule has 0 aromatic heterocycles. The highest BCUT2D eigenvalue weighted by Crippen LogP contribution is 2.36. The third-order valence-corrected chi connectivity index (χ3v) is 6.31. The lowest BCUT2D eigenvalue weighted by Gasteiger charge is -2.23. The van der Waals surface area contributed by atoms with Gasteiger partial charge in [-0.05, 0) is 42.5 Å². The Morgan fingerprint density at radius 3 is 2.00 bits per heavy atom. The van der Waals surface area contributed by atoms with E-state index in [4.69, 9.17) is 5.14 Å². The van der Waals surface area contributed by atoms with Gasteiger partial charge in [0, 0.05) is 6.54 Å². The minimum Gasteiger partial charge on any atom is -0.225 e. The Morgan fingerprint density at radius 1 is 1.05 bits per heavy atom. The van der Waals surface area contributed by atoms with Crippen molar-refractivity contribution in [1.82, 2.24) is 4.72 Å². The average molecular weight is 332 g/mol. The highest BCUT2D eigenvalue weighted by Gasteiger charge is 2.30. The van der Waals surface area contributed by atoms with Crippen molar-refractivity contribution < 1.29 is 16.8 Å². The fraction of sp³-hybridized carbons (Fsp3) is 0.538. The molecule has 0 aliphatic heterocycles. The van der Waals surface area contributed by atoms with E-state index in [0.29, 0.717) is 6.54 Å². The zero-order chi connectivity index (χ0) is 15.7. The Morgan fingerprint density at radius 2 is 1.52 bits per heavy atom. The van der Waals surface area contributed by atoms with Crippen LogP contribution in [0.1, 0.15) is 32.6 Å². The summed E-state index contributed by atoms with van der Waals surface area (Å²) in [5, 5.41) is 4.98. The summed E-state index contributed by atoms with van der Waals surface area (Å²) in [5.41, 5.74) is 0.00755. The van der Waals surface area contributed by atoms with Gasteiger partial charge in [0.2, 0.25) is 20.0 Å². The first kappa shape index (κ1) is 16.4. The van der Waals surface area contributed by atoms with Gasteiger partial charge in [0.25, 0.3) is 0 Å². The fourth-order valence-electron chi connectivity index (χ4n) is 2.57. The van der Waals surface area contributed by atoms with Gasteiger partial charge in [0.1, 0.15) is 0 Å². The molecule has 2 rings (SSSR count). The summed E-state index contributed by atoms with van der Waals surface area (Å²) >= 11 is 0. The number of primary sulfonamides is 1. The Labute approximate surface area is 125 Å². The number of rotatable bonds is 5. The maximum atomic E-state index is 12.2. The molecule has 3 N–H and O–H groups in total. The van der Waals surface area contributed by atoms with Crippen LogP contribution in [0.4, 0.5) is 0 Å². The topological polar surface area (TPSA) is 106 Å². The molecule has 1 fully saturated rings. The standard InChI is InChI=1S/C13H20N2O4S2/c1-13(8-2-3-9-13)10-15-21(18,19)12-6-4-11(5-7-12)20(14,16)17/h4-7,15H,2-3,8-10H2,1H3,(H2,14,16,17). The van der Waals surface area contributed by atoms with Gasteiger partial charge in [-0.15, -0.1) is 0 Å². The van der Waals surface area contributed by atoms with E-state index in [1.54, 1.807) is 0 Å². The number of nitrogens with two attached hydrogens (primary N) is 1. The van der Waals surface area contributed by atoms with Crippen LogP contribution in [-0.4, -0.2) is 23.4 Å². The molecular formula is C13H20N2O4S2. The van der Waals surface area contributed by atoms with Crippen LogP contribution in [0.25, 0.3) is 0 Å². The van der Waals surface area contributed by atoms with E-state index >= 15 is 0 Å². The van der Waals surface area contributed by atoms with Crippen LogP contribution in [-0.2, 0) is 20.0 Å². The molecule has 0 spiro atoms. The van der Waals surface area contributed by atoms with Crippen molar-refractivity contribution in [2.45, 2.75) is 42.4 Å². The predicted molar refractivity (Wildman–Crippen MR) is 79.6 cm³/mol. The van der Waals surface area contributed by atoms with Crippen molar-refractivity contribution in [3.8, 4) is 0 Å². The van der Waals surface area contributed by atoms with Gasteiger partial charge in [-0.2, -0.15) is 0 Å². The number of benzene rings is 1. The molecule has 0 heterocycles. The van der Waals surface area contributed by atoms with Crippen molar-refractivity contribution >= 4 is 20.0 Å². The van der Waals surface area contributed by atoms with E-state index in [9.17, 15) is 16.8 Å². The van der Waals surface area contributed by atoms with Crippen LogP contribution in [0.5, 0.6) is 0 Å². The highest BCUT2D eigenvalue weighted by molar-refractivity contribution is 7.89. The van der Waals surface area contributed by atoms with Gasteiger partial charge >= 0.3 is 0 Å². The zero-order valence-corrected chi connectivity index (χ0v) is 13.5. The fourth-order valence-corrected chi connectivity index (χ4v) is 4.28. The molecule has 1 aliphatic rings. The molecule has 1 aromatic rings. The Balaban J connectivity index is 2.12. The van der Waals surface area contributed by atoms with Crippen LogP contribution in [0.15, 0.2) is 34.1 Å². The minimum atomic E-state index is -3.82. The first-order valence-corrected chi connectivity index (χ1v) is 9.78. The molecule has 1 aromatic carbocycles. The summed E-state index contributed by atoms with van der Waals surface area (Å²) in [6.45, 7) is 2.47. The Kier molecular flexibility index (Phi) is 4.44. The van der Waals surface area contributed by atoms with E-state index in [2.05, 4.69) is 11.6 Å². The monoisotopic (exact) mass is 332 g/mol. The van der Waals surface area contributed by atoms with Crippen molar-refractivity contribution in [2.75, 3.05) is 6.54 Å². The molecule has 0 radical (unpaired) electrons. The third-order valence-electron chi connectivity index (χ3n) is 3.96. The van der Waals surface area contributed by atoms with Crippen molar-refractivity contribution in [2.24, 2.45) is 10.6 Å². The predicted octanol–water partition coefficient (Wildman–Crippen LogP) is 1.19. The number of sulfonamides is 2. The minimum absolute atomic E-state index is 0.00755. The first-order valence-electron chi connectivity index (χ1n) is 6.75. The van der Waals surface area contributed by atoms with E-state index in [0.717, 1.165) is 25.7 Å².